The number of benzene rings is 1. The molecule has 0 aromatic heterocycles. The second-order valence-corrected chi connectivity index (χ2v) is 4.91. The number of carbonyl (C=O) groups is 1. The summed E-state index contributed by atoms with van der Waals surface area (Å²) in [6.45, 7) is 2.30. The van der Waals surface area contributed by atoms with Crippen molar-refractivity contribution in [1.29, 1.82) is 0 Å². The highest BCUT2D eigenvalue weighted by Gasteiger charge is 2.15. The van der Waals surface area contributed by atoms with Gasteiger partial charge in [-0.3, -0.25) is 4.79 Å². The van der Waals surface area contributed by atoms with Gasteiger partial charge in [-0.05, 0) is 31.7 Å². The molecule has 0 heterocycles. The third-order valence-corrected chi connectivity index (χ3v) is 3.36. The predicted molar refractivity (Wildman–Crippen MR) is 71.5 cm³/mol. The summed E-state index contributed by atoms with van der Waals surface area (Å²) >= 11 is 1.57. The molecule has 0 spiro atoms. The van der Waals surface area contributed by atoms with E-state index in [9.17, 15) is 9.90 Å². The first kappa shape index (κ1) is 14.1. The Kier molecular flexibility index (Phi) is 5.51. The van der Waals surface area contributed by atoms with E-state index < -0.39 is 0 Å². The Balaban J connectivity index is 2.74. The van der Waals surface area contributed by atoms with Crippen molar-refractivity contribution in [3.8, 4) is 0 Å². The van der Waals surface area contributed by atoms with E-state index >= 15 is 0 Å². The molecule has 0 radical (unpaired) electrons. The summed E-state index contributed by atoms with van der Waals surface area (Å²) in [5.41, 5.74) is 0.730. The van der Waals surface area contributed by atoms with Crippen LogP contribution in [-0.2, 0) is 0 Å². The Labute approximate surface area is 107 Å². The Morgan fingerprint density at radius 2 is 2.12 bits per heavy atom. The van der Waals surface area contributed by atoms with Crippen LogP contribution in [0.4, 0.5) is 0 Å². The maximum Gasteiger partial charge on any atom is 0.254 e. The summed E-state index contributed by atoms with van der Waals surface area (Å²) < 4.78 is 0. The first-order valence-corrected chi connectivity index (χ1v) is 6.85. The van der Waals surface area contributed by atoms with Gasteiger partial charge in [0, 0.05) is 18.5 Å². The zero-order valence-corrected chi connectivity index (χ0v) is 11.3. The Bertz CT molecular complexity index is 379. The van der Waals surface area contributed by atoms with Gasteiger partial charge in [0.15, 0.2) is 0 Å². The minimum atomic E-state index is -0.374. The molecule has 1 rings (SSSR count). The summed E-state index contributed by atoms with van der Waals surface area (Å²) in [7, 11) is 1.77. The first-order chi connectivity index (χ1) is 8.06. The van der Waals surface area contributed by atoms with Gasteiger partial charge in [-0.1, -0.05) is 12.1 Å². The molecule has 3 nitrogen and oxygen atoms in total. The maximum absolute atomic E-state index is 12.2. The minimum absolute atomic E-state index is 0.00981. The fourth-order valence-corrected chi connectivity index (χ4v) is 2.10. The van der Waals surface area contributed by atoms with Crippen LogP contribution in [0.25, 0.3) is 0 Å². The van der Waals surface area contributed by atoms with E-state index in [-0.39, 0.29) is 12.0 Å². The van der Waals surface area contributed by atoms with Crippen LogP contribution in [0.1, 0.15) is 23.7 Å². The number of rotatable bonds is 5. The van der Waals surface area contributed by atoms with Crippen molar-refractivity contribution in [2.24, 2.45) is 0 Å². The van der Waals surface area contributed by atoms with E-state index in [1.54, 1.807) is 30.6 Å². The van der Waals surface area contributed by atoms with Crippen LogP contribution in [0.2, 0.25) is 0 Å². The van der Waals surface area contributed by atoms with Gasteiger partial charge in [0.25, 0.3) is 5.91 Å². The van der Waals surface area contributed by atoms with Gasteiger partial charge in [-0.15, -0.1) is 11.8 Å². The molecule has 0 fully saturated rings. The standard InChI is InChI=1S/C13H19NO2S/c1-10(15)8-9-14(2)13(16)11-6-4-5-7-12(11)17-3/h4-7,10,15H,8-9H2,1-3H3. The molecule has 1 N–H and O–H groups in total. The zero-order valence-electron chi connectivity index (χ0n) is 10.5. The summed E-state index contributed by atoms with van der Waals surface area (Å²) in [6.07, 6.45) is 2.19. The molecule has 0 saturated carbocycles. The number of aliphatic hydroxyl groups excluding tert-OH is 1. The summed E-state index contributed by atoms with van der Waals surface area (Å²) in [6, 6.07) is 7.58. The van der Waals surface area contributed by atoms with E-state index in [2.05, 4.69) is 0 Å². The average molecular weight is 253 g/mol. The van der Waals surface area contributed by atoms with E-state index in [1.165, 1.54) is 0 Å². The lowest BCUT2D eigenvalue weighted by molar-refractivity contribution is 0.0765. The Morgan fingerprint density at radius 1 is 1.47 bits per heavy atom. The molecule has 17 heavy (non-hydrogen) atoms. The van der Waals surface area contributed by atoms with Crippen LogP contribution >= 0.6 is 11.8 Å². The molecule has 0 bridgehead atoms. The molecule has 94 valence electrons. The third-order valence-electron chi connectivity index (χ3n) is 2.57. The molecule has 0 aliphatic heterocycles. The summed E-state index contributed by atoms with van der Waals surface area (Å²) in [4.78, 5) is 14.8. The van der Waals surface area contributed by atoms with Crippen molar-refractivity contribution >= 4 is 17.7 Å². The lowest BCUT2D eigenvalue weighted by atomic mass is 10.2. The number of aliphatic hydroxyl groups is 1. The lowest BCUT2D eigenvalue weighted by Crippen LogP contribution is -2.29. The highest BCUT2D eigenvalue weighted by Crippen LogP contribution is 2.21. The lowest BCUT2D eigenvalue weighted by Gasteiger charge is -2.19. The second-order valence-electron chi connectivity index (χ2n) is 4.06. The van der Waals surface area contributed by atoms with Gasteiger partial charge in [-0.2, -0.15) is 0 Å². The van der Waals surface area contributed by atoms with Crippen LogP contribution in [0.15, 0.2) is 29.2 Å². The molecule has 1 aromatic carbocycles. The highest BCUT2D eigenvalue weighted by atomic mass is 32.2. The molecule has 0 aliphatic rings. The van der Waals surface area contributed by atoms with Crippen molar-refractivity contribution in [3.63, 3.8) is 0 Å². The van der Waals surface area contributed by atoms with Crippen LogP contribution in [0.5, 0.6) is 0 Å². The smallest absolute Gasteiger partial charge is 0.254 e. The Morgan fingerprint density at radius 3 is 2.71 bits per heavy atom. The van der Waals surface area contributed by atoms with Gasteiger partial charge in [0.2, 0.25) is 0 Å². The van der Waals surface area contributed by atoms with Crippen molar-refractivity contribution in [1.82, 2.24) is 4.90 Å². The largest absolute Gasteiger partial charge is 0.393 e. The fraction of sp³-hybridized carbons (Fsp3) is 0.462. The number of hydrogen-bond donors (Lipinski definition) is 1. The first-order valence-electron chi connectivity index (χ1n) is 5.62. The fourth-order valence-electron chi connectivity index (χ4n) is 1.51. The molecule has 1 amide bonds. The topological polar surface area (TPSA) is 40.5 Å². The minimum Gasteiger partial charge on any atom is -0.393 e. The summed E-state index contributed by atoms with van der Waals surface area (Å²) in [5.74, 6) is 0.00981. The van der Waals surface area contributed by atoms with Gasteiger partial charge in [0.05, 0.1) is 11.7 Å². The van der Waals surface area contributed by atoms with Crippen LogP contribution in [-0.4, -0.2) is 41.9 Å². The molecule has 0 saturated heterocycles. The SMILES string of the molecule is CSc1ccccc1C(=O)N(C)CCC(C)O. The molecular formula is C13H19NO2S. The maximum atomic E-state index is 12.2. The number of thioether (sulfide) groups is 1. The van der Waals surface area contributed by atoms with Gasteiger partial charge < -0.3 is 10.0 Å². The van der Waals surface area contributed by atoms with Gasteiger partial charge in [0.1, 0.15) is 0 Å². The van der Waals surface area contributed by atoms with Crippen LogP contribution in [0, 0.1) is 0 Å². The molecule has 0 aliphatic carbocycles. The zero-order chi connectivity index (χ0) is 12.8. The van der Waals surface area contributed by atoms with Crippen LogP contribution < -0.4 is 0 Å². The number of nitrogens with zero attached hydrogens (tertiary/aromatic N) is 1. The molecule has 1 unspecified atom stereocenters. The number of amides is 1. The third kappa shape index (κ3) is 4.06. The normalized spacial score (nSPS) is 12.2. The van der Waals surface area contributed by atoms with E-state index in [0.717, 1.165) is 10.5 Å². The van der Waals surface area contributed by atoms with E-state index in [1.807, 2.05) is 30.5 Å². The molecule has 1 atom stereocenters. The van der Waals surface area contributed by atoms with Gasteiger partial charge in [-0.25, -0.2) is 0 Å². The van der Waals surface area contributed by atoms with E-state index in [4.69, 9.17) is 0 Å². The van der Waals surface area contributed by atoms with E-state index in [0.29, 0.717) is 13.0 Å². The quantitative estimate of drug-likeness (QED) is 0.818. The van der Waals surface area contributed by atoms with Gasteiger partial charge >= 0.3 is 0 Å². The predicted octanol–water partition coefficient (Wildman–Crippen LogP) is 2.25. The van der Waals surface area contributed by atoms with Crippen molar-refractivity contribution in [2.45, 2.75) is 24.3 Å². The van der Waals surface area contributed by atoms with Crippen molar-refractivity contribution in [2.75, 3.05) is 19.8 Å². The van der Waals surface area contributed by atoms with Crippen molar-refractivity contribution < 1.29 is 9.90 Å². The number of hydrogen-bond acceptors (Lipinski definition) is 3. The summed E-state index contributed by atoms with van der Waals surface area (Å²) in [5, 5.41) is 9.21. The second kappa shape index (κ2) is 6.67. The number of carbonyl (C=O) groups excluding carboxylic acids is 1. The van der Waals surface area contributed by atoms with Crippen LogP contribution in [0.3, 0.4) is 0 Å². The molecular weight excluding hydrogens is 234 g/mol. The molecule has 4 heteroatoms. The average Bonchev–Trinajstić information content (AvgIpc) is 2.34. The molecule has 1 aromatic rings. The highest BCUT2D eigenvalue weighted by molar-refractivity contribution is 7.98. The Hall–Kier alpha value is -1.00. The monoisotopic (exact) mass is 253 g/mol. The van der Waals surface area contributed by atoms with Crippen molar-refractivity contribution in [3.05, 3.63) is 29.8 Å².